The fraction of sp³-hybridized carbons (Fsp3) is 0.217. The Morgan fingerprint density at radius 1 is 1.22 bits per heavy atom. The van der Waals surface area contributed by atoms with Crippen LogP contribution in [0.25, 0.3) is 0 Å². The molecule has 0 aliphatic heterocycles. The van der Waals surface area contributed by atoms with E-state index in [2.05, 4.69) is 43.3 Å². The molecule has 0 saturated carbocycles. The number of halogens is 1. The van der Waals surface area contributed by atoms with Crippen molar-refractivity contribution >= 4 is 45.2 Å². The Hall–Kier alpha value is -2.91. The summed E-state index contributed by atoms with van der Waals surface area (Å²) in [7, 11) is 0. The van der Waals surface area contributed by atoms with Crippen molar-refractivity contribution in [3.8, 4) is 0 Å². The molecule has 2 aromatic carbocycles. The minimum Gasteiger partial charge on any atom is -0.342 e. The summed E-state index contributed by atoms with van der Waals surface area (Å²) in [6.07, 6.45) is 1.73. The minimum atomic E-state index is -0.374. The van der Waals surface area contributed by atoms with Gasteiger partial charge in [-0.1, -0.05) is 51.5 Å². The van der Waals surface area contributed by atoms with Crippen molar-refractivity contribution in [2.75, 3.05) is 11.1 Å². The van der Waals surface area contributed by atoms with E-state index in [1.165, 1.54) is 11.8 Å². The Bertz CT molecular complexity index is 1110. The first kappa shape index (κ1) is 23.7. The Morgan fingerprint density at radius 3 is 2.66 bits per heavy atom. The van der Waals surface area contributed by atoms with E-state index >= 15 is 0 Å². The van der Waals surface area contributed by atoms with E-state index in [-0.39, 0.29) is 23.6 Å². The van der Waals surface area contributed by atoms with E-state index in [1.54, 1.807) is 12.1 Å². The van der Waals surface area contributed by atoms with Crippen molar-refractivity contribution in [1.29, 1.82) is 0 Å². The number of carbonyl (C=O) groups excluding carboxylic acids is 2. The first-order valence-corrected chi connectivity index (χ1v) is 11.7. The summed E-state index contributed by atoms with van der Waals surface area (Å²) < 4.78 is 2.80. The van der Waals surface area contributed by atoms with E-state index in [1.807, 2.05) is 60.9 Å². The van der Waals surface area contributed by atoms with Gasteiger partial charge in [-0.05, 0) is 50.2 Å². The van der Waals surface area contributed by atoms with E-state index in [4.69, 9.17) is 0 Å². The number of hydrogen-bond donors (Lipinski definition) is 2. The SMILES string of the molecule is C=CCn1c(SCC(=O)Nc2ccc(Br)cc2)nnc1[C@@H](C)NC(=O)c1cccc(C)c1. The third kappa shape index (κ3) is 6.30. The Labute approximate surface area is 199 Å². The van der Waals surface area contributed by atoms with Crippen LogP contribution in [-0.4, -0.2) is 32.3 Å². The summed E-state index contributed by atoms with van der Waals surface area (Å²) in [5.74, 6) is 0.446. The van der Waals surface area contributed by atoms with E-state index in [0.29, 0.717) is 23.1 Å². The highest BCUT2D eigenvalue weighted by Gasteiger charge is 2.20. The summed E-state index contributed by atoms with van der Waals surface area (Å²) in [6.45, 7) is 8.05. The molecule has 7 nitrogen and oxygen atoms in total. The highest BCUT2D eigenvalue weighted by Crippen LogP contribution is 2.22. The summed E-state index contributed by atoms with van der Waals surface area (Å²) in [5, 5.41) is 14.9. The predicted octanol–water partition coefficient (Wildman–Crippen LogP) is 4.76. The molecule has 0 radical (unpaired) electrons. The predicted molar refractivity (Wildman–Crippen MR) is 131 cm³/mol. The second-order valence-electron chi connectivity index (χ2n) is 7.15. The quantitative estimate of drug-likeness (QED) is 0.318. The molecule has 32 heavy (non-hydrogen) atoms. The fourth-order valence-corrected chi connectivity index (χ4v) is 4.04. The molecule has 0 fully saturated rings. The van der Waals surface area contributed by atoms with Crippen molar-refractivity contribution in [3.63, 3.8) is 0 Å². The summed E-state index contributed by atoms with van der Waals surface area (Å²) in [4.78, 5) is 24.9. The van der Waals surface area contributed by atoms with Gasteiger partial charge in [0.25, 0.3) is 5.91 Å². The summed E-state index contributed by atoms with van der Waals surface area (Å²) in [5.41, 5.74) is 2.32. The number of aromatic nitrogens is 3. The van der Waals surface area contributed by atoms with Crippen LogP contribution < -0.4 is 10.6 Å². The van der Waals surface area contributed by atoms with E-state index < -0.39 is 0 Å². The number of hydrogen-bond acceptors (Lipinski definition) is 5. The number of allylic oxidation sites excluding steroid dienone is 1. The smallest absolute Gasteiger partial charge is 0.251 e. The maximum atomic E-state index is 12.6. The lowest BCUT2D eigenvalue weighted by Gasteiger charge is -2.15. The van der Waals surface area contributed by atoms with Gasteiger partial charge in [0.15, 0.2) is 11.0 Å². The van der Waals surface area contributed by atoms with Crippen LogP contribution in [0.1, 0.15) is 34.7 Å². The van der Waals surface area contributed by atoms with Gasteiger partial charge in [0, 0.05) is 22.3 Å². The van der Waals surface area contributed by atoms with Gasteiger partial charge in [0.05, 0.1) is 11.8 Å². The largest absolute Gasteiger partial charge is 0.342 e. The normalized spacial score (nSPS) is 11.6. The van der Waals surface area contributed by atoms with Gasteiger partial charge in [0.2, 0.25) is 5.91 Å². The number of amides is 2. The summed E-state index contributed by atoms with van der Waals surface area (Å²) in [6, 6.07) is 14.4. The van der Waals surface area contributed by atoms with E-state index in [9.17, 15) is 9.59 Å². The number of carbonyl (C=O) groups is 2. The minimum absolute atomic E-state index is 0.146. The molecule has 3 aromatic rings. The van der Waals surface area contributed by atoms with Crippen LogP contribution >= 0.6 is 27.7 Å². The zero-order valence-electron chi connectivity index (χ0n) is 17.8. The Morgan fingerprint density at radius 2 is 1.97 bits per heavy atom. The zero-order valence-corrected chi connectivity index (χ0v) is 20.2. The fourth-order valence-electron chi connectivity index (χ4n) is 3.02. The Balaban J connectivity index is 1.66. The van der Waals surface area contributed by atoms with Crippen molar-refractivity contribution in [2.45, 2.75) is 31.6 Å². The van der Waals surface area contributed by atoms with Crippen LogP contribution in [0.15, 0.2) is 70.8 Å². The van der Waals surface area contributed by atoms with Crippen molar-refractivity contribution in [2.24, 2.45) is 0 Å². The molecule has 166 valence electrons. The van der Waals surface area contributed by atoms with Crippen LogP contribution in [0.2, 0.25) is 0 Å². The lowest BCUT2D eigenvalue weighted by Crippen LogP contribution is -2.28. The molecular formula is C23H24BrN5O2S. The molecule has 0 saturated heterocycles. The third-order valence-electron chi connectivity index (χ3n) is 4.53. The number of rotatable bonds is 9. The maximum Gasteiger partial charge on any atom is 0.251 e. The lowest BCUT2D eigenvalue weighted by atomic mass is 10.1. The molecule has 1 atom stereocenters. The van der Waals surface area contributed by atoms with Crippen LogP contribution in [-0.2, 0) is 11.3 Å². The number of thioether (sulfide) groups is 1. The molecule has 2 N–H and O–H groups in total. The average molecular weight is 514 g/mol. The monoisotopic (exact) mass is 513 g/mol. The highest BCUT2D eigenvalue weighted by atomic mass is 79.9. The van der Waals surface area contributed by atoms with Crippen LogP contribution in [0.4, 0.5) is 5.69 Å². The molecule has 0 aliphatic carbocycles. The van der Waals surface area contributed by atoms with Gasteiger partial charge in [-0.2, -0.15) is 0 Å². The van der Waals surface area contributed by atoms with Gasteiger partial charge >= 0.3 is 0 Å². The lowest BCUT2D eigenvalue weighted by molar-refractivity contribution is -0.113. The first-order valence-electron chi connectivity index (χ1n) is 9.97. The van der Waals surface area contributed by atoms with Gasteiger partial charge < -0.3 is 15.2 Å². The van der Waals surface area contributed by atoms with Crippen LogP contribution in [0.5, 0.6) is 0 Å². The molecule has 0 unspecified atom stereocenters. The van der Waals surface area contributed by atoms with Crippen LogP contribution in [0, 0.1) is 6.92 Å². The summed E-state index contributed by atoms with van der Waals surface area (Å²) >= 11 is 4.65. The first-order chi connectivity index (χ1) is 15.4. The molecule has 3 rings (SSSR count). The molecule has 1 heterocycles. The topological polar surface area (TPSA) is 88.9 Å². The van der Waals surface area contributed by atoms with E-state index in [0.717, 1.165) is 15.7 Å². The van der Waals surface area contributed by atoms with Gasteiger partial charge in [-0.25, -0.2) is 0 Å². The maximum absolute atomic E-state index is 12.6. The number of nitrogens with zero attached hydrogens (tertiary/aromatic N) is 3. The molecule has 1 aromatic heterocycles. The van der Waals surface area contributed by atoms with Gasteiger partial charge in [0.1, 0.15) is 0 Å². The number of anilines is 1. The molecule has 0 spiro atoms. The third-order valence-corrected chi connectivity index (χ3v) is 6.03. The number of aryl methyl sites for hydroxylation is 1. The molecule has 0 aliphatic rings. The second-order valence-corrected chi connectivity index (χ2v) is 9.01. The molecule has 0 bridgehead atoms. The molecule has 9 heteroatoms. The Kier molecular flexibility index (Phi) is 8.24. The standard InChI is InChI=1S/C23H24BrN5O2S/c1-4-12-29-21(16(3)25-22(31)17-7-5-6-15(2)13-17)27-28-23(29)32-14-20(30)26-19-10-8-18(24)9-11-19/h4-11,13,16H,1,12,14H2,2-3H3,(H,25,31)(H,26,30)/t16-/m1/s1. The molecular weight excluding hydrogens is 490 g/mol. The number of benzene rings is 2. The van der Waals surface area contributed by atoms with Crippen LogP contribution in [0.3, 0.4) is 0 Å². The number of nitrogens with one attached hydrogen (secondary N) is 2. The molecule has 2 amide bonds. The second kappa shape index (κ2) is 11.1. The van der Waals surface area contributed by atoms with Gasteiger partial charge in [-0.15, -0.1) is 16.8 Å². The van der Waals surface area contributed by atoms with Crippen molar-refractivity contribution in [3.05, 3.63) is 82.6 Å². The average Bonchev–Trinajstić information content (AvgIpc) is 3.17. The van der Waals surface area contributed by atoms with Crippen molar-refractivity contribution in [1.82, 2.24) is 20.1 Å². The van der Waals surface area contributed by atoms with Crippen molar-refractivity contribution < 1.29 is 9.59 Å². The highest BCUT2D eigenvalue weighted by molar-refractivity contribution is 9.10. The zero-order chi connectivity index (χ0) is 23.1. The van der Waals surface area contributed by atoms with Gasteiger partial charge in [-0.3, -0.25) is 9.59 Å².